The van der Waals surface area contributed by atoms with Crippen LogP contribution >= 0.6 is 0 Å². The third-order valence-corrected chi connectivity index (χ3v) is 4.37. The van der Waals surface area contributed by atoms with Crippen molar-refractivity contribution in [1.29, 1.82) is 0 Å². The van der Waals surface area contributed by atoms with Gasteiger partial charge in [-0.3, -0.25) is 9.59 Å². The van der Waals surface area contributed by atoms with Crippen LogP contribution in [0.2, 0.25) is 0 Å². The van der Waals surface area contributed by atoms with Gasteiger partial charge in [0, 0.05) is 39.1 Å². The lowest BCUT2D eigenvalue weighted by Crippen LogP contribution is -2.48. The first-order valence-electron chi connectivity index (χ1n) is 8.56. The van der Waals surface area contributed by atoms with E-state index in [9.17, 15) is 9.59 Å². The van der Waals surface area contributed by atoms with Crippen molar-refractivity contribution in [2.24, 2.45) is 0 Å². The molecular formula is C18H27N3O4. The quantitative estimate of drug-likeness (QED) is 0.520. The lowest BCUT2D eigenvalue weighted by molar-refractivity contribution is -0.135. The molecule has 1 aliphatic heterocycles. The average Bonchev–Trinajstić information content (AvgIpc) is 2.67. The number of rotatable bonds is 9. The number of nitrogens with zero attached hydrogens (tertiary/aromatic N) is 2. The number of carbonyl (C=O) groups is 2. The Hall–Kier alpha value is -2.28. The zero-order chi connectivity index (χ0) is 18.1. The van der Waals surface area contributed by atoms with Crippen molar-refractivity contribution >= 4 is 12.3 Å². The van der Waals surface area contributed by atoms with Crippen LogP contribution < -0.4 is 14.8 Å². The van der Waals surface area contributed by atoms with E-state index in [4.69, 9.17) is 9.47 Å². The highest BCUT2D eigenvalue weighted by atomic mass is 16.5. The molecule has 25 heavy (non-hydrogen) atoms. The normalized spacial score (nSPS) is 14.3. The van der Waals surface area contributed by atoms with Crippen molar-refractivity contribution in [3.8, 4) is 11.5 Å². The summed E-state index contributed by atoms with van der Waals surface area (Å²) in [5.41, 5.74) is 1.15. The summed E-state index contributed by atoms with van der Waals surface area (Å²) >= 11 is 0. The van der Waals surface area contributed by atoms with Crippen molar-refractivity contribution in [3.63, 3.8) is 0 Å². The molecule has 0 bridgehead atoms. The highest BCUT2D eigenvalue weighted by molar-refractivity contribution is 5.76. The molecule has 7 nitrogen and oxygen atoms in total. The fraction of sp³-hybridized carbons (Fsp3) is 0.556. The lowest BCUT2D eigenvalue weighted by atomic mass is 10.1. The maximum Gasteiger partial charge on any atom is 0.223 e. The van der Waals surface area contributed by atoms with Gasteiger partial charge in [0.2, 0.25) is 12.3 Å². The summed E-state index contributed by atoms with van der Waals surface area (Å²) in [5, 5.41) is 3.30. The first-order chi connectivity index (χ1) is 12.2. The van der Waals surface area contributed by atoms with E-state index in [1.807, 2.05) is 23.1 Å². The fourth-order valence-corrected chi connectivity index (χ4v) is 2.82. The summed E-state index contributed by atoms with van der Waals surface area (Å²) in [6.07, 6.45) is 2.18. The van der Waals surface area contributed by atoms with Gasteiger partial charge in [0.25, 0.3) is 0 Å². The van der Waals surface area contributed by atoms with Gasteiger partial charge >= 0.3 is 0 Å². The standard InChI is InChI=1S/C18H27N3O4/c1-24-16-4-3-15(13-17(16)25-2)5-7-19-8-6-18(23)21-11-9-20(14-22)10-12-21/h3-4,13-14,19H,5-12H2,1-2H3. The Labute approximate surface area is 148 Å². The summed E-state index contributed by atoms with van der Waals surface area (Å²) in [6.45, 7) is 3.96. The van der Waals surface area contributed by atoms with Gasteiger partial charge in [-0.15, -0.1) is 0 Å². The third kappa shape index (κ3) is 5.63. The number of carbonyl (C=O) groups excluding carboxylic acids is 2. The van der Waals surface area contributed by atoms with Gasteiger partial charge in [-0.2, -0.15) is 0 Å². The number of hydrogen-bond donors (Lipinski definition) is 1. The summed E-state index contributed by atoms with van der Waals surface area (Å²) in [6, 6.07) is 5.88. The SMILES string of the molecule is COc1ccc(CCNCCC(=O)N2CCN(C=O)CC2)cc1OC. The number of amides is 2. The number of benzene rings is 1. The molecule has 1 fully saturated rings. The maximum absolute atomic E-state index is 12.1. The lowest BCUT2D eigenvalue weighted by Gasteiger charge is -2.32. The number of methoxy groups -OCH3 is 2. The van der Waals surface area contributed by atoms with Crippen LogP contribution in [0.15, 0.2) is 18.2 Å². The van der Waals surface area contributed by atoms with Crippen LogP contribution in [0, 0.1) is 0 Å². The molecule has 1 aromatic rings. The maximum atomic E-state index is 12.1. The van der Waals surface area contributed by atoms with Gasteiger partial charge in [-0.25, -0.2) is 0 Å². The molecule has 0 unspecified atom stereocenters. The highest BCUT2D eigenvalue weighted by Crippen LogP contribution is 2.27. The summed E-state index contributed by atoms with van der Waals surface area (Å²) in [7, 11) is 3.25. The van der Waals surface area contributed by atoms with Crippen molar-refractivity contribution in [1.82, 2.24) is 15.1 Å². The van der Waals surface area contributed by atoms with Gasteiger partial charge < -0.3 is 24.6 Å². The van der Waals surface area contributed by atoms with Crippen LogP contribution in [0.25, 0.3) is 0 Å². The summed E-state index contributed by atoms with van der Waals surface area (Å²) in [4.78, 5) is 26.3. The van der Waals surface area contributed by atoms with E-state index in [2.05, 4.69) is 5.32 Å². The molecule has 1 aliphatic rings. The molecule has 2 amide bonds. The Bertz CT molecular complexity index is 571. The molecule has 1 aromatic carbocycles. The van der Waals surface area contributed by atoms with E-state index in [0.29, 0.717) is 39.1 Å². The Balaban J connectivity index is 1.65. The van der Waals surface area contributed by atoms with Crippen LogP contribution in [-0.4, -0.2) is 75.6 Å². The van der Waals surface area contributed by atoms with Crippen molar-refractivity contribution in [2.75, 3.05) is 53.5 Å². The molecule has 0 saturated carbocycles. The number of nitrogens with one attached hydrogen (secondary N) is 1. The fourth-order valence-electron chi connectivity index (χ4n) is 2.82. The van der Waals surface area contributed by atoms with Crippen LogP contribution in [0.3, 0.4) is 0 Å². The van der Waals surface area contributed by atoms with Gasteiger partial charge in [-0.05, 0) is 30.7 Å². The van der Waals surface area contributed by atoms with Crippen molar-refractivity contribution < 1.29 is 19.1 Å². The summed E-state index contributed by atoms with van der Waals surface area (Å²) < 4.78 is 10.5. The molecule has 0 radical (unpaired) electrons. The Kier molecular flexibility index (Phi) is 7.53. The predicted molar refractivity (Wildman–Crippen MR) is 95.0 cm³/mol. The van der Waals surface area contributed by atoms with Crippen LogP contribution in [0.4, 0.5) is 0 Å². The molecule has 138 valence electrons. The van der Waals surface area contributed by atoms with E-state index in [1.165, 1.54) is 0 Å². The number of ether oxygens (including phenoxy) is 2. The van der Waals surface area contributed by atoms with Gasteiger partial charge in [0.1, 0.15) is 0 Å². The molecular weight excluding hydrogens is 322 g/mol. The zero-order valence-electron chi connectivity index (χ0n) is 15.0. The number of piperazine rings is 1. The zero-order valence-corrected chi connectivity index (χ0v) is 15.0. The molecule has 0 aliphatic carbocycles. The molecule has 0 atom stereocenters. The van der Waals surface area contributed by atoms with E-state index in [0.717, 1.165) is 36.4 Å². The van der Waals surface area contributed by atoms with Gasteiger partial charge in [0.05, 0.1) is 14.2 Å². The number of hydrogen-bond acceptors (Lipinski definition) is 5. The van der Waals surface area contributed by atoms with Crippen molar-refractivity contribution in [3.05, 3.63) is 23.8 Å². The third-order valence-electron chi connectivity index (χ3n) is 4.37. The molecule has 1 N–H and O–H groups in total. The van der Waals surface area contributed by atoms with Crippen molar-refractivity contribution in [2.45, 2.75) is 12.8 Å². The first-order valence-corrected chi connectivity index (χ1v) is 8.56. The van der Waals surface area contributed by atoms with Gasteiger partial charge in [0.15, 0.2) is 11.5 Å². The predicted octanol–water partition coefficient (Wildman–Crippen LogP) is 0.527. The van der Waals surface area contributed by atoms with E-state index >= 15 is 0 Å². The first kappa shape index (κ1) is 19.1. The molecule has 0 spiro atoms. The second-order valence-corrected chi connectivity index (χ2v) is 5.96. The smallest absolute Gasteiger partial charge is 0.223 e. The van der Waals surface area contributed by atoms with Gasteiger partial charge in [-0.1, -0.05) is 6.07 Å². The molecule has 0 aromatic heterocycles. The van der Waals surface area contributed by atoms with E-state index in [1.54, 1.807) is 19.1 Å². The van der Waals surface area contributed by atoms with E-state index < -0.39 is 0 Å². The Morgan fingerprint density at radius 2 is 1.84 bits per heavy atom. The average molecular weight is 349 g/mol. The minimum atomic E-state index is 0.143. The summed E-state index contributed by atoms with van der Waals surface area (Å²) in [5.74, 6) is 1.59. The van der Waals surface area contributed by atoms with Crippen LogP contribution in [-0.2, 0) is 16.0 Å². The molecule has 1 heterocycles. The second-order valence-electron chi connectivity index (χ2n) is 5.96. The largest absolute Gasteiger partial charge is 0.493 e. The topological polar surface area (TPSA) is 71.1 Å². The Morgan fingerprint density at radius 3 is 2.48 bits per heavy atom. The van der Waals surface area contributed by atoms with Crippen LogP contribution in [0.1, 0.15) is 12.0 Å². The molecule has 1 saturated heterocycles. The highest BCUT2D eigenvalue weighted by Gasteiger charge is 2.19. The molecule has 7 heteroatoms. The minimum Gasteiger partial charge on any atom is -0.493 e. The Morgan fingerprint density at radius 1 is 1.12 bits per heavy atom. The van der Waals surface area contributed by atoms with Crippen LogP contribution in [0.5, 0.6) is 11.5 Å². The monoisotopic (exact) mass is 349 g/mol. The molecule has 2 rings (SSSR count). The van der Waals surface area contributed by atoms with E-state index in [-0.39, 0.29) is 5.91 Å². The second kappa shape index (κ2) is 9.88. The minimum absolute atomic E-state index is 0.143.